The number of aromatic nitrogens is 2. The zero-order chi connectivity index (χ0) is 21.1. The number of hydrogen-bond acceptors (Lipinski definition) is 3. The molecule has 0 bridgehead atoms. The molecular weight excluding hydrogens is 407 g/mol. The van der Waals surface area contributed by atoms with Crippen LogP contribution >= 0.6 is 11.6 Å². The Kier molecular flexibility index (Phi) is 5.99. The number of benzene rings is 1. The number of halogens is 2. The first kappa shape index (κ1) is 20.3. The number of hydrogen-bond donors (Lipinski definition) is 2. The van der Waals surface area contributed by atoms with Gasteiger partial charge in [-0.2, -0.15) is 0 Å². The number of likely N-dealkylation sites (tertiary alicyclic amines) is 1. The highest BCUT2D eigenvalue weighted by atomic mass is 35.5. The first-order valence-corrected chi connectivity index (χ1v) is 10.3. The average Bonchev–Trinajstić information content (AvgIpc) is 3.17. The molecule has 1 aliphatic rings. The van der Waals surface area contributed by atoms with Gasteiger partial charge < -0.3 is 15.2 Å². The molecule has 1 aromatic carbocycles. The summed E-state index contributed by atoms with van der Waals surface area (Å²) in [5.74, 6) is -0.586. The number of pyridine rings is 1. The molecule has 0 aliphatic carbocycles. The number of H-pyrrole nitrogens is 1. The van der Waals surface area contributed by atoms with Gasteiger partial charge in [0.15, 0.2) is 0 Å². The van der Waals surface area contributed by atoms with E-state index in [1.807, 2.05) is 30.3 Å². The number of piperidine rings is 1. The van der Waals surface area contributed by atoms with Crippen molar-refractivity contribution in [3.8, 4) is 0 Å². The van der Waals surface area contributed by atoms with Crippen LogP contribution in [-0.2, 0) is 11.2 Å². The number of aromatic amines is 1. The second kappa shape index (κ2) is 8.83. The Bertz CT molecular complexity index is 1050. The fourth-order valence-electron chi connectivity index (χ4n) is 3.70. The van der Waals surface area contributed by atoms with Gasteiger partial charge in [-0.05, 0) is 30.5 Å². The molecule has 6 nitrogen and oxygen atoms in total. The second-order valence-corrected chi connectivity index (χ2v) is 7.88. The van der Waals surface area contributed by atoms with Crippen molar-refractivity contribution < 1.29 is 14.0 Å². The highest BCUT2D eigenvalue weighted by Crippen LogP contribution is 2.19. The van der Waals surface area contributed by atoms with Gasteiger partial charge in [0.25, 0.3) is 5.91 Å². The van der Waals surface area contributed by atoms with Gasteiger partial charge >= 0.3 is 0 Å². The second-order valence-electron chi connectivity index (χ2n) is 7.49. The molecule has 1 aliphatic heterocycles. The molecule has 8 heteroatoms. The molecule has 4 rings (SSSR count). The normalized spacial score (nSPS) is 15.9. The van der Waals surface area contributed by atoms with E-state index in [2.05, 4.69) is 15.3 Å². The van der Waals surface area contributed by atoms with Crippen LogP contribution < -0.4 is 5.32 Å². The van der Waals surface area contributed by atoms with Crippen molar-refractivity contribution in [2.24, 2.45) is 0 Å². The van der Waals surface area contributed by atoms with Crippen LogP contribution in [0.3, 0.4) is 0 Å². The third-order valence-electron chi connectivity index (χ3n) is 5.34. The zero-order valence-electron chi connectivity index (χ0n) is 16.3. The molecule has 30 heavy (non-hydrogen) atoms. The third kappa shape index (κ3) is 4.62. The highest BCUT2D eigenvalue weighted by molar-refractivity contribution is 6.30. The Morgan fingerprint density at radius 3 is 2.70 bits per heavy atom. The Morgan fingerprint density at radius 1 is 1.23 bits per heavy atom. The van der Waals surface area contributed by atoms with E-state index in [0.29, 0.717) is 48.7 Å². The van der Waals surface area contributed by atoms with Crippen LogP contribution in [0, 0.1) is 0 Å². The van der Waals surface area contributed by atoms with Crippen molar-refractivity contribution in [2.75, 3.05) is 13.1 Å². The first-order valence-electron chi connectivity index (χ1n) is 9.91. The van der Waals surface area contributed by atoms with Gasteiger partial charge in [-0.3, -0.25) is 9.59 Å². The molecule has 3 heterocycles. The number of nitrogens with zero attached hydrogens (tertiary/aromatic N) is 2. The van der Waals surface area contributed by atoms with Crippen LogP contribution in [0.25, 0.3) is 10.9 Å². The zero-order valence-corrected chi connectivity index (χ0v) is 17.0. The Morgan fingerprint density at radius 2 is 1.97 bits per heavy atom. The lowest BCUT2D eigenvalue weighted by Crippen LogP contribution is -2.52. The smallest absolute Gasteiger partial charge is 0.268 e. The molecule has 156 valence electrons. The van der Waals surface area contributed by atoms with Gasteiger partial charge in [-0.1, -0.05) is 41.9 Å². The van der Waals surface area contributed by atoms with Crippen LogP contribution in [0.2, 0.25) is 5.15 Å². The molecule has 2 N–H and O–H groups in total. The SMILES string of the molecule is O=C(N[C@@H](Cc1ccccc1)C(=O)N1CCC(F)CC1)c1cc2cc(Cl)ncc2[nH]1. The molecular formula is C22H22ClFN4O2. The minimum atomic E-state index is -0.872. The Balaban J connectivity index is 1.54. The highest BCUT2D eigenvalue weighted by Gasteiger charge is 2.30. The van der Waals surface area contributed by atoms with Crippen molar-refractivity contribution in [1.82, 2.24) is 20.2 Å². The van der Waals surface area contributed by atoms with Crippen LogP contribution in [0.1, 0.15) is 28.9 Å². The summed E-state index contributed by atoms with van der Waals surface area (Å²) >= 11 is 5.92. The van der Waals surface area contributed by atoms with E-state index in [-0.39, 0.29) is 5.91 Å². The Hall–Kier alpha value is -2.93. The van der Waals surface area contributed by atoms with E-state index in [1.54, 1.807) is 23.2 Å². The summed E-state index contributed by atoms with van der Waals surface area (Å²) in [6, 6.07) is 12.1. The molecule has 0 unspecified atom stereocenters. The maximum Gasteiger partial charge on any atom is 0.268 e. The van der Waals surface area contributed by atoms with E-state index >= 15 is 0 Å². The van der Waals surface area contributed by atoms with Crippen LogP contribution in [-0.4, -0.2) is 52.0 Å². The maximum absolute atomic E-state index is 13.5. The fraction of sp³-hybridized carbons (Fsp3) is 0.318. The number of fused-ring (bicyclic) bond motifs is 1. The quantitative estimate of drug-likeness (QED) is 0.610. The molecule has 2 amide bonds. The predicted octanol–water partition coefficient (Wildman–Crippen LogP) is 3.52. The molecule has 1 fully saturated rings. The molecule has 1 atom stereocenters. The summed E-state index contributed by atoms with van der Waals surface area (Å²) < 4.78 is 13.5. The monoisotopic (exact) mass is 428 g/mol. The summed E-state index contributed by atoms with van der Waals surface area (Å²) in [4.78, 5) is 34.7. The number of alkyl halides is 1. The van der Waals surface area contributed by atoms with Crippen LogP contribution in [0.5, 0.6) is 0 Å². The molecule has 0 radical (unpaired) electrons. The summed E-state index contributed by atoms with van der Waals surface area (Å²) in [6.45, 7) is 0.718. The van der Waals surface area contributed by atoms with E-state index in [4.69, 9.17) is 11.6 Å². The van der Waals surface area contributed by atoms with Crippen LogP contribution in [0.15, 0.2) is 48.7 Å². The van der Waals surface area contributed by atoms with Gasteiger partial charge in [-0.15, -0.1) is 0 Å². The van der Waals surface area contributed by atoms with Gasteiger partial charge in [0.05, 0.1) is 11.7 Å². The molecule has 1 saturated heterocycles. The summed E-state index contributed by atoms with van der Waals surface area (Å²) in [7, 11) is 0. The number of amides is 2. The molecule has 0 spiro atoms. The minimum Gasteiger partial charge on any atom is -0.349 e. The van der Waals surface area contributed by atoms with Gasteiger partial charge in [-0.25, -0.2) is 9.37 Å². The molecule has 0 saturated carbocycles. The van der Waals surface area contributed by atoms with Crippen LogP contribution in [0.4, 0.5) is 4.39 Å². The van der Waals surface area contributed by atoms with E-state index in [1.165, 1.54) is 0 Å². The number of rotatable bonds is 5. The summed E-state index contributed by atoms with van der Waals surface area (Å²) in [6.07, 6.45) is 1.70. The van der Waals surface area contributed by atoms with Crippen molar-refractivity contribution >= 4 is 34.3 Å². The first-order chi connectivity index (χ1) is 14.5. The van der Waals surface area contributed by atoms with Crippen molar-refractivity contribution in [2.45, 2.75) is 31.5 Å². The standard InChI is InChI=1S/C22H22ClFN4O2/c23-20-12-15-11-17(26-19(15)13-25-20)21(29)27-18(10-14-4-2-1-3-5-14)22(30)28-8-6-16(24)7-9-28/h1-5,11-13,16,18,26H,6-10H2,(H,27,29)/t18-/m0/s1. The predicted molar refractivity (Wildman–Crippen MR) is 113 cm³/mol. The minimum absolute atomic E-state index is 0.195. The number of nitrogens with one attached hydrogen (secondary N) is 2. The topological polar surface area (TPSA) is 78.1 Å². The van der Waals surface area contributed by atoms with E-state index in [9.17, 15) is 14.0 Å². The Labute approximate surface area is 178 Å². The summed E-state index contributed by atoms with van der Waals surface area (Å²) in [5, 5.41) is 3.95. The largest absolute Gasteiger partial charge is 0.349 e. The van der Waals surface area contributed by atoms with Gasteiger partial charge in [0, 0.05) is 24.9 Å². The maximum atomic E-state index is 13.5. The number of carbonyl (C=O) groups excluding carboxylic acids is 2. The third-order valence-corrected chi connectivity index (χ3v) is 5.55. The lowest BCUT2D eigenvalue weighted by Gasteiger charge is -2.32. The lowest BCUT2D eigenvalue weighted by molar-refractivity contribution is -0.134. The van der Waals surface area contributed by atoms with Crippen molar-refractivity contribution in [3.63, 3.8) is 0 Å². The van der Waals surface area contributed by atoms with E-state index < -0.39 is 18.1 Å². The molecule has 3 aromatic rings. The van der Waals surface area contributed by atoms with Gasteiger partial charge in [0.1, 0.15) is 23.1 Å². The lowest BCUT2D eigenvalue weighted by atomic mass is 10.0. The average molecular weight is 429 g/mol. The molecule has 2 aromatic heterocycles. The number of carbonyl (C=O) groups is 2. The van der Waals surface area contributed by atoms with Gasteiger partial charge in [0.2, 0.25) is 5.91 Å². The summed E-state index contributed by atoms with van der Waals surface area (Å²) in [5.41, 5.74) is 1.94. The van der Waals surface area contributed by atoms with E-state index in [0.717, 1.165) is 10.9 Å². The van der Waals surface area contributed by atoms with Crippen molar-refractivity contribution in [1.29, 1.82) is 0 Å². The van der Waals surface area contributed by atoms with Crippen molar-refractivity contribution in [3.05, 3.63) is 65.1 Å². The fourth-order valence-corrected chi connectivity index (χ4v) is 3.87.